The summed E-state index contributed by atoms with van der Waals surface area (Å²) in [7, 11) is 1.83. The van der Waals surface area contributed by atoms with Gasteiger partial charge in [-0.3, -0.25) is 4.79 Å². The van der Waals surface area contributed by atoms with Gasteiger partial charge in [-0.2, -0.15) is 5.26 Å². The van der Waals surface area contributed by atoms with Crippen molar-refractivity contribution in [2.75, 3.05) is 18.9 Å². The minimum Gasteiger partial charge on any atom is -0.450 e. The molecule has 2 heterocycles. The fourth-order valence-electron chi connectivity index (χ4n) is 2.17. The number of carbonyl (C=O) groups is 1. The van der Waals surface area contributed by atoms with Crippen LogP contribution in [0.4, 0.5) is 14.5 Å². The number of aromatic nitrogens is 2. The van der Waals surface area contributed by atoms with Crippen molar-refractivity contribution in [3.8, 4) is 17.6 Å². The quantitative estimate of drug-likeness (QED) is 0.423. The van der Waals surface area contributed by atoms with Crippen LogP contribution in [0.25, 0.3) is 11.0 Å². The number of benzene rings is 1. The van der Waals surface area contributed by atoms with Gasteiger partial charge in [0.25, 0.3) is 0 Å². The van der Waals surface area contributed by atoms with Crippen molar-refractivity contribution in [3.63, 3.8) is 0 Å². The first-order valence-electron chi connectivity index (χ1n) is 8.02. The number of amides is 1. The fraction of sp³-hybridized carbons (Fsp3) is 0.167. The molecule has 0 radical (unpaired) electrons. The van der Waals surface area contributed by atoms with Crippen LogP contribution in [0.1, 0.15) is 6.42 Å². The van der Waals surface area contributed by atoms with Gasteiger partial charge in [-0.05, 0) is 13.1 Å². The van der Waals surface area contributed by atoms with Gasteiger partial charge in [0.2, 0.25) is 6.41 Å². The molecule has 7 nitrogen and oxygen atoms in total. The van der Waals surface area contributed by atoms with E-state index in [1.807, 2.05) is 13.1 Å². The van der Waals surface area contributed by atoms with Crippen LogP contribution in [-0.2, 0) is 4.79 Å². The van der Waals surface area contributed by atoms with E-state index in [0.717, 1.165) is 18.7 Å². The lowest BCUT2D eigenvalue weighted by Crippen LogP contribution is -2.05. The Morgan fingerprint density at radius 3 is 2.68 bits per heavy atom. The van der Waals surface area contributed by atoms with Crippen LogP contribution in [0.3, 0.4) is 0 Å². The SMILES string of the molecule is CNCCC#N.O=CNc1cc(F)c(Oc2ccnc3[nH]cc(Cl)c23)c(F)c1. The first-order chi connectivity index (χ1) is 13.5. The number of nitriles is 1. The van der Waals surface area contributed by atoms with E-state index in [2.05, 4.69) is 20.6 Å². The maximum absolute atomic E-state index is 14.0. The second-order valence-corrected chi connectivity index (χ2v) is 5.72. The summed E-state index contributed by atoms with van der Waals surface area (Å²) >= 11 is 6.00. The summed E-state index contributed by atoms with van der Waals surface area (Å²) in [6, 6.07) is 5.35. The maximum atomic E-state index is 14.0. The molecule has 28 heavy (non-hydrogen) atoms. The van der Waals surface area contributed by atoms with Crippen LogP contribution in [0, 0.1) is 23.0 Å². The molecule has 10 heteroatoms. The van der Waals surface area contributed by atoms with Gasteiger partial charge in [0.05, 0.1) is 16.5 Å². The van der Waals surface area contributed by atoms with Gasteiger partial charge in [0.15, 0.2) is 17.4 Å². The molecule has 1 aromatic carbocycles. The number of carbonyl (C=O) groups excluding carboxylic acids is 1. The highest BCUT2D eigenvalue weighted by Crippen LogP contribution is 2.36. The Hall–Kier alpha value is -3.22. The Kier molecular flexibility index (Phi) is 7.68. The summed E-state index contributed by atoms with van der Waals surface area (Å²) in [5.74, 6) is -2.35. The van der Waals surface area contributed by atoms with Crippen molar-refractivity contribution in [3.05, 3.63) is 47.2 Å². The molecule has 0 unspecified atom stereocenters. The molecule has 0 atom stereocenters. The highest BCUT2D eigenvalue weighted by atomic mass is 35.5. The number of ether oxygens (including phenoxy) is 1. The predicted molar refractivity (Wildman–Crippen MR) is 101 cm³/mol. The highest BCUT2D eigenvalue weighted by molar-refractivity contribution is 6.36. The summed E-state index contributed by atoms with van der Waals surface area (Å²) in [6.45, 7) is 0.802. The summed E-state index contributed by atoms with van der Waals surface area (Å²) < 4.78 is 33.3. The summed E-state index contributed by atoms with van der Waals surface area (Å²) in [4.78, 5) is 17.2. The Morgan fingerprint density at radius 2 is 2.11 bits per heavy atom. The maximum Gasteiger partial charge on any atom is 0.211 e. The molecule has 3 N–H and O–H groups in total. The Bertz CT molecular complexity index is 980. The normalized spacial score (nSPS) is 9.96. The van der Waals surface area contributed by atoms with E-state index >= 15 is 0 Å². The first-order valence-corrected chi connectivity index (χ1v) is 8.39. The number of H-pyrrole nitrogens is 1. The van der Waals surface area contributed by atoms with Gasteiger partial charge >= 0.3 is 0 Å². The van der Waals surface area contributed by atoms with Crippen molar-refractivity contribution in [1.82, 2.24) is 15.3 Å². The van der Waals surface area contributed by atoms with Crippen LogP contribution in [-0.4, -0.2) is 30.0 Å². The van der Waals surface area contributed by atoms with E-state index in [4.69, 9.17) is 21.6 Å². The summed E-state index contributed by atoms with van der Waals surface area (Å²) in [5.41, 5.74) is 0.416. The molecule has 0 aliphatic heterocycles. The zero-order valence-electron chi connectivity index (χ0n) is 14.7. The molecule has 3 aromatic rings. The number of hydrogen-bond acceptors (Lipinski definition) is 5. The summed E-state index contributed by atoms with van der Waals surface area (Å²) in [6.07, 6.45) is 3.84. The average Bonchev–Trinajstić information content (AvgIpc) is 3.06. The molecular weight excluding hydrogens is 392 g/mol. The molecule has 0 bridgehead atoms. The van der Waals surface area contributed by atoms with Gasteiger partial charge in [-0.25, -0.2) is 13.8 Å². The Morgan fingerprint density at radius 1 is 1.39 bits per heavy atom. The third kappa shape index (κ3) is 5.16. The number of halogens is 3. The molecule has 1 amide bonds. The lowest BCUT2D eigenvalue weighted by atomic mass is 10.2. The smallest absolute Gasteiger partial charge is 0.211 e. The summed E-state index contributed by atoms with van der Waals surface area (Å²) in [5, 5.41) is 13.6. The molecule has 0 fully saturated rings. The van der Waals surface area contributed by atoms with Crippen molar-refractivity contribution in [2.24, 2.45) is 0 Å². The molecule has 0 saturated carbocycles. The van der Waals surface area contributed by atoms with Gasteiger partial charge in [0, 0.05) is 43.2 Å². The van der Waals surface area contributed by atoms with Gasteiger partial charge < -0.3 is 20.4 Å². The zero-order valence-corrected chi connectivity index (χ0v) is 15.5. The first kappa shape index (κ1) is 21.1. The topological polar surface area (TPSA) is 103 Å². The van der Waals surface area contributed by atoms with Crippen LogP contribution in [0.2, 0.25) is 5.02 Å². The van der Waals surface area contributed by atoms with Crippen molar-refractivity contribution >= 4 is 34.7 Å². The fourth-order valence-corrected chi connectivity index (χ4v) is 2.41. The van der Waals surface area contributed by atoms with E-state index in [1.54, 1.807) is 0 Å². The van der Waals surface area contributed by atoms with Gasteiger partial charge in [0.1, 0.15) is 11.4 Å². The van der Waals surface area contributed by atoms with Gasteiger partial charge in [-0.15, -0.1) is 0 Å². The third-order valence-corrected chi connectivity index (χ3v) is 3.71. The standard InChI is InChI=1S/C14H8ClF2N3O2.C4H8N2/c15-8-5-19-14-12(8)11(1-2-18-14)22-13-9(16)3-7(20-6-21)4-10(13)17;1-6-4-2-3-5/h1-6H,(H,18,19)(H,20,21);6H,2,4H2,1H3. The van der Waals surface area contributed by atoms with Crippen LogP contribution in [0.5, 0.6) is 11.5 Å². The molecule has 0 saturated heterocycles. The molecule has 2 aromatic heterocycles. The van der Waals surface area contributed by atoms with E-state index in [9.17, 15) is 13.6 Å². The Labute approximate surface area is 164 Å². The highest BCUT2D eigenvalue weighted by Gasteiger charge is 2.17. The van der Waals surface area contributed by atoms with Crippen LogP contribution >= 0.6 is 11.6 Å². The van der Waals surface area contributed by atoms with Crippen LogP contribution < -0.4 is 15.4 Å². The molecule has 0 spiro atoms. The second-order valence-electron chi connectivity index (χ2n) is 5.31. The number of aromatic amines is 1. The van der Waals surface area contributed by atoms with E-state index < -0.39 is 17.4 Å². The number of rotatable bonds is 6. The molecule has 3 rings (SSSR count). The van der Waals surface area contributed by atoms with Crippen molar-refractivity contribution in [1.29, 1.82) is 5.26 Å². The number of hydrogen-bond donors (Lipinski definition) is 3. The van der Waals surface area contributed by atoms with Crippen molar-refractivity contribution in [2.45, 2.75) is 6.42 Å². The number of pyridine rings is 1. The molecular formula is C18H16ClF2N5O2. The number of anilines is 1. The third-order valence-electron chi connectivity index (χ3n) is 3.41. The van der Waals surface area contributed by atoms with E-state index in [0.29, 0.717) is 28.9 Å². The number of nitrogens with zero attached hydrogens (tertiary/aromatic N) is 2. The minimum atomic E-state index is -0.957. The van der Waals surface area contributed by atoms with E-state index in [-0.39, 0.29) is 11.4 Å². The molecule has 0 aliphatic rings. The van der Waals surface area contributed by atoms with Crippen molar-refractivity contribution < 1.29 is 18.3 Å². The lowest BCUT2D eigenvalue weighted by molar-refractivity contribution is -0.105. The zero-order chi connectivity index (χ0) is 20.5. The second kappa shape index (κ2) is 10.2. The predicted octanol–water partition coefficient (Wildman–Crippen LogP) is 3.97. The number of fused-ring (bicyclic) bond motifs is 1. The van der Waals surface area contributed by atoms with Gasteiger partial charge in [-0.1, -0.05) is 11.6 Å². The monoisotopic (exact) mass is 407 g/mol. The largest absolute Gasteiger partial charge is 0.450 e. The van der Waals surface area contributed by atoms with Crippen LogP contribution in [0.15, 0.2) is 30.6 Å². The average molecular weight is 408 g/mol. The lowest BCUT2D eigenvalue weighted by Gasteiger charge is -2.10. The molecule has 146 valence electrons. The molecule has 0 aliphatic carbocycles. The Balaban J connectivity index is 0.000000409. The minimum absolute atomic E-state index is 0.0168. The van der Waals surface area contributed by atoms with E-state index in [1.165, 1.54) is 18.5 Å². The number of nitrogens with one attached hydrogen (secondary N) is 3.